The van der Waals surface area contributed by atoms with Crippen molar-refractivity contribution < 1.29 is 9.18 Å². The Kier molecular flexibility index (Phi) is 3.65. The fourth-order valence-corrected chi connectivity index (χ4v) is 3.37. The third-order valence-electron chi connectivity index (χ3n) is 4.04. The molecule has 1 amide bonds. The number of fused-ring (bicyclic) bond motifs is 1. The van der Waals surface area contributed by atoms with E-state index in [-0.39, 0.29) is 10.6 Å². The molecular weight excluding hydrogens is 345 g/mol. The van der Waals surface area contributed by atoms with Crippen LogP contribution in [0.15, 0.2) is 47.6 Å². The average molecular weight is 360 g/mol. The van der Waals surface area contributed by atoms with Gasteiger partial charge in [-0.25, -0.2) is 4.39 Å². The molecule has 0 heterocycles. The molecule has 1 atom stereocenters. The van der Waals surface area contributed by atoms with Crippen molar-refractivity contribution in [2.75, 3.05) is 0 Å². The standard InChI is InChI=1S/C18H15BrFNO/c1-9-7-13-11(4-6-16(20)14(13)8-9)17-10(2)15(19)5-3-12(17)18(21)22/h3-7,15H,2,8H2,1H3,(H2,21,22). The molecule has 3 rings (SSSR count). The van der Waals surface area contributed by atoms with Crippen molar-refractivity contribution >= 4 is 33.5 Å². The highest BCUT2D eigenvalue weighted by atomic mass is 79.9. The van der Waals surface area contributed by atoms with Gasteiger partial charge in [-0.2, -0.15) is 0 Å². The fraction of sp³-hybridized carbons (Fsp3) is 0.167. The predicted molar refractivity (Wildman–Crippen MR) is 90.9 cm³/mol. The lowest BCUT2D eigenvalue weighted by Gasteiger charge is -2.22. The van der Waals surface area contributed by atoms with Crippen LogP contribution < -0.4 is 5.73 Å². The molecule has 0 aromatic heterocycles. The number of alkyl halides is 1. The normalized spacial score (nSPS) is 20.2. The lowest BCUT2D eigenvalue weighted by Crippen LogP contribution is -2.19. The first-order chi connectivity index (χ1) is 10.4. The van der Waals surface area contributed by atoms with Crippen molar-refractivity contribution in [2.45, 2.75) is 18.2 Å². The highest BCUT2D eigenvalue weighted by Crippen LogP contribution is 2.40. The Morgan fingerprint density at radius 3 is 2.86 bits per heavy atom. The third-order valence-corrected chi connectivity index (χ3v) is 4.89. The summed E-state index contributed by atoms with van der Waals surface area (Å²) in [6.07, 6.45) is 6.09. The van der Waals surface area contributed by atoms with Gasteiger partial charge in [-0.05, 0) is 47.2 Å². The molecule has 0 saturated carbocycles. The van der Waals surface area contributed by atoms with Gasteiger partial charge >= 0.3 is 0 Å². The first kappa shape index (κ1) is 15.0. The monoisotopic (exact) mass is 359 g/mol. The summed E-state index contributed by atoms with van der Waals surface area (Å²) in [6, 6.07) is 3.15. The van der Waals surface area contributed by atoms with E-state index in [1.54, 1.807) is 12.1 Å². The number of carbonyl (C=O) groups is 1. The minimum absolute atomic E-state index is 0.0715. The number of hydrogen-bond donors (Lipinski definition) is 1. The van der Waals surface area contributed by atoms with Gasteiger partial charge in [0.05, 0.1) is 4.83 Å². The number of amides is 1. The molecule has 2 N–H and O–H groups in total. The molecule has 2 nitrogen and oxygen atoms in total. The maximum absolute atomic E-state index is 14.1. The molecule has 1 aromatic carbocycles. The van der Waals surface area contributed by atoms with Crippen LogP contribution in [0.5, 0.6) is 0 Å². The molecule has 0 spiro atoms. The topological polar surface area (TPSA) is 43.1 Å². The first-order valence-electron chi connectivity index (χ1n) is 6.94. The number of nitrogens with two attached hydrogens (primary N) is 1. The van der Waals surface area contributed by atoms with E-state index in [1.807, 2.05) is 19.1 Å². The van der Waals surface area contributed by atoms with Crippen LogP contribution in [0.1, 0.15) is 23.6 Å². The first-order valence-corrected chi connectivity index (χ1v) is 7.86. The molecular formula is C18H15BrFNO. The van der Waals surface area contributed by atoms with E-state index in [0.29, 0.717) is 23.1 Å². The smallest absolute Gasteiger partial charge is 0.249 e. The van der Waals surface area contributed by atoms with Gasteiger partial charge in [-0.15, -0.1) is 0 Å². The largest absolute Gasteiger partial charge is 0.366 e. The zero-order valence-corrected chi connectivity index (χ0v) is 13.7. The van der Waals surface area contributed by atoms with Gasteiger partial charge in [0.25, 0.3) is 0 Å². The Labute approximate surface area is 137 Å². The van der Waals surface area contributed by atoms with E-state index in [2.05, 4.69) is 22.5 Å². The predicted octanol–water partition coefficient (Wildman–Crippen LogP) is 3.91. The van der Waals surface area contributed by atoms with E-state index < -0.39 is 5.91 Å². The Bertz CT molecular complexity index is 802. The van der Waals surface area contributed by atoms with Crippen molar-refractivity contribution in [1.82, 2.24) is 0 Å². The zero-order chi connectivity index (χ0) is 16.0. The van der Waals surface area contributed by atoms with Crippen LogP contribution in [0.2, 0.25) is 0 Å². The number of rotatable bonds is 2. The summed E-state index contributed by atoms with van der Waals surface area (Å²) in [5.41, 5.74) is 10.8. The number of allylic oxidation sites excluding steroid dienone is 4. The second kappa shape index (κ2) is 5.36. The molecule has 4 heteroatoms. The Balaban J connectivity index is 2.30. The molecule has 0 radical (unpaired) electrons. The van der Waals surface area contributed by atoms with Crippen molar-refractivity contribution in [3.63, 3.8) is 0 Å². The quantitative estimate of drug-likeness (QED) is 0.799. The highest BCUT2D eigenvalue weighted by Gasteiger charge is 2.27. The van der Waals surface area contributed by atoms with E-state index >= 15 is 0 Å². The minimum atomic E-state index is -0.511. The van der Waals surface area contributed by atoms with E-state index in [9.17, 15) is 9.18 Å². The maximum atomic E-state index is 14.1. The number of benzene rings is 1. The molecule has 1 aromatic rings. The summed E-state index contributed by atoms with van der Waals surface area (Å²) >= 11 is 3.51. The fourth-order valence-electron chi connectivity index (χ4n) is 2.99. The molecule has 0 fully saturated rings. The van der Waals surface area contributed by atoms with Gasteiger partial charge in [0.15, 0.2) is 0 Å². The van der Waals surface area contributed by atoms with Crippen LogP contribution in [0.4, 0.5) is 4.39 Å². The molecule has 0 bridgehead atoms. The van der Waals surface area contributed by atoms with Gasteiger partial charge in [-0.1, -0.05) is 52.4 Å². The van der Waals surface area contributed by atoms with Gasteiger partial charge in [0, 0.05) is 5.57 Å². The Morgan fingerprint density at radius 2 is 2.18 bits per heavy atom. The second-order valence-electron chi connectivity index (χ2n) is 5.59. The van der Waals surface area contributed by atoms with Crippen molar-refractivity contribution in [2.24, 2.45) is 5.73 Å². The number of primary amides is 1. The van der Waals surface area contributed by atoms with Crippen LogP contribution in [0.25, 0.3) is 11.6 Å². The molecule has 112 valence electrons. The number of carbonyl (C=O) groups excluding carboxylic acids is 1. The van der Waals surface area contributed by atoms with Gasteiger partial charge < -0.3 is 5.73 Å². The van der Waals surface area contributed by atoms with E-state index in [0.717, 1.165) is 22.3 Å². The maximum Gasteiger partial charge on any atom is 0.249 e. The summed E-state index contributed by atoms with van der Waals surface area (Å²) in [5.74, 6) is -0.732. The van der Waals surface area contributed by atoms with Crippen LogP contribution in [-0.4, -0.2) is 10.7 Å². The summed E-state index contributed by atoms with van der Waals surface area (Å²) in [4.78, 5) is 11.7. The van der Waals surface area contributed by atoms with Gasteiger partial charge in [0.1, 0.15) is 5.82 Å². The highest BCUT2D eigenvalue weighted by molar-refractivity contribution is 9.09. The van der Waals surface area contributed by atoms with Crippen LogP contribution in [0.3, 0.4) is 0 Å². The summed E-state index contributed by atoms with van der Waals surface area (Å²) in [5, 5.41) is 0. The molecule has 2 aliphatic carbocycles. The molecule has 1 unspecified atom stereocenters. The van der Waals surface area contributed by atoms with Crippen molar-refractivity contribution in [3.8, 4) is 0 Å². The van der Waals surface area contributed by atoms with Crippen molar-refractivity contribution in [3.05, 3.63) is 70.1 Å². The van der Waals surface area contributed by atoms with Crippen LogP contribution in [-0.2, 0) is 11.2 Å². The van der Waals surface area contributed by atoms with E-state index in [1.165, 1.54) is 6.07 Å². The second-order valence-corrected chi connectivity index (χ2v) is 6.58. The van der Waals surface area contributed by atoms with Gasteiger partial charge in [0.2, 0.25) is 5.91 Å². The van der Waals surface area contributed by atoms with Crippen LogP contribution >= 0.6 is 15.9 Å². The average Bonchev–Trinajstić information content (AvgIpc) is 2.85. The lowest BCUT2D eigenvalue weighted by molar-refractivity contribution is -0.114. The van der Waals surface area contributed by atoms with E-state index in [4.69, 9.17) is 5.73 Å². The Morgan fingerprint density at radius 1 is 1.45 bits per heavy atom. The molecule has 22 heavy (non-hydrogen) atoms. The Hall–Kier alpha value is -1.94. The third kappa shape index (κ3) is 2.28. The molecule has 2 aliphatic rings. The summed E-state index contributed by atoms with van der Waals surface area (Å²) in [6.45, 7) is 6.04. The summed E-state index contributed by atoms with van der Waals surface area (Å²) < 4.78 is 14.1. The summed E-state index contributed by atoms with van der Waals surface area (Å²) in [7, 11) is 0. The van der Waals surface area contributed by atoms with Gasteiger partial charge in [-0.3, -0.25) is 4.79 Å². The molecule has 0 saturated heterocycles. The molecule has 0 aliphatic heterocycles. The zero-order valence-electron chi connectivity index (χ0n) is 12.1. The number of hydrogen-bond acceptors (Lipinski definition) is 1. The van der Waals surface area contributed by atoms with Crippen LogP contribution in [0, 0.1) is 5.82 Å². The minimum Gasteiger partial charge on any atom is -0.366 e. The lowest BCUT2D eigenvalue weighted by atomic mass is 9.84. The number of halogens is 2. The van der Waals surface area contributed by atoms with Crippen molar-refractivity contribution in [1.29, 1.82) is 0 Å². The SMILES string of the molecule is C=C1C(c2ccc(F)c3c2C=C(C)C3)=C(C(N)=O)C=CC1Br.